The van der Waals surface area contributed by atoms with Crippen molar-refractivity contribution in [2.75, 3.05) is 12.4 Å². The third kappa shape index (κ3) is 7.01. The molecule has 0 fully saturated rings. The highest BCUT2D eigenvalue weighted by atomic mass is 79.9. The monoisotopic (exact) mass is 509 g/mol. The number of carbonyl (C=O) groups is 1. The first-order valence-corrected chi connectivity index (χ1v) is 9.87. The summed E-state index contributed by atoms with van der Waals surface area (Å²) in [6, 6.07) is 13.9. The second kappa shape index (κ2) is 9.80. The number of anilines is 1. The summed E-state index contributed by atoms with van der Waals surface area (Å²) in [6.07, 6.45) is -1.07. The molecule has 2 aromatic carbocycles. The summed E-state index contributed by atoms with van der Waals surface area (Å²) < 4.78 is 4.16. The Kier molecular flexibility index (Phi) is 8.00. The molecular weight excluding hydrogens is 497 g/mol. The van der Waals surface area contributed by atoms with Crippen molar-refractivity contribution in [1.29, 1.82) is 0 Å². The van der Waals surface area contributed by atoms with Crippen molar-refractivity contribution in [3.63, 3.8) is 0 Å². The van der Waals surface area contributed by atoms with Gasteiger partial charge in [0.05, 0.1) is 7.11 Å². The van der Waals surface area contributed by atoms with Crippen LogP contribution in [-0.2, 0) is 0 Å². The smallest absolute Gasteiger partial charge is 0.252 e. The fourth-order valence-corrected chi connectivity index (χ4v) is 2.84. The van der Waals surface area contributed by atoms with Gasteiger partial charge in [-0.2, -0.15) is 0 Å². The van der Waals surface area contributed by atoms with Crippen molar-refractivity contribution in [2.24, 2.45) is 0 Å². The van der Waals surface area contributed by atoms with Crippen molar-refractivity contribution in [1.82, 2.24) is 10.6 Å². The molecule has 2 aromatic rings. The van der Waals surface area contributed by atoms with E-state index in [9.17, 15) is 4.79 Å². The standard InChI is InChI=1S/C17H15BrCl3N3O2S/c1-26-13-4-2-3-12(9-13)22-16(27)24-15(17(19,20)21)23-14(25)10-5-7-11(18)8-6-10/h2-9,15H,1H3,(H,23,25)(H2,22,24,27)/t15-/m0/s1. The van der Waals surface area contributed by atoms with Crippen LogP contribution in [0.15, 0.2) is 53.0 Å². The van der Waals surface area contributed by atoms with E-state index in [1.807, 2.05) is 0 Å². The molecule has 0 aliphatic carbocycles. The van der Waals surface area contributed by atoms with E-state index in [1.54, 1.807) is 55.6 Å². The van der Waals surface area contributed by atoms with Crippen LogP contribution >= 0.6 is 63.0 Å². The van der Waals surface area contributed by atoms with Gasteiger partial charge in [0.2, 0.25) is 3.79 Å². The van der Waals surface area contributed by atoms with E-state index in [4.69, 9.17) is 51.8 Å². The number of nitrogens with one attached hydrogen (secondary N) is 3. The molecule has 144 valence electrons. The highest BCUT2D eigenvalue weighted by Crippen LogP contribution is 2.29. The minimum absolute atomic E-state index is 0.163. The van der Waals surface area contributed by atoms with Gasteiger partial charge >= 0.3 is 0 Å². The molecular formula is C17H15BrCl3N3O2S. The fraction of sp³-hybridized carbons (Fsp3) is 0.176. The van der Waals surface area contributed by atoms with Gasteiger partial charge in [-0.1, -0.05) is 56.8 Å². The zero-order valence-corrected chi connectivity index (χ0v) is 18.6. The van der Waals surface area contributed by atoms with Crippen LogP contribution in [0.2, 0.25) is 0 Å². The summed E-state index contributed by atoms with van der Waals surface area (Å²) in [4.78, 5) is 12.4. The van der Waals surface area contributed by atoms with Crippen LogP contribution in [0.1, 0.15) is 10.4 Å². The SMILES string of the molecule is COc1cccc(NC(=S)N[C@H](NC(=O)c2ccc(Br)cc2)C(Cl)(Cl)Cl)c1. The first-order valence-electron chi connectivity index (χ1n) is 7.54. The molecule has 5 nitrogen and oxygen atoms in total. The molecule has 1 atom stereocenters. The minimum atomic E-state index is -1.84. The average Bonchev–Trinajstić information content (AvgIpc) is 2.61. The molecule has 0 spiro atoms. The Labute approximate surface area is 185 Å². The molecule has 0 unspecified atom stereocenters. The molecule has 1 amide bonds. The number of hydrogen-bond donors (Lipinski definition) is 3. The Morgan fingerprint density at radius 1 is 1.15 bits per heavy atom. The van der Waals surface area contributed by atoms with Crippen LogP contribution < -0.4 is 20.7 Å². The summed E-state index contributed by atoms with van der Waals surface area (Å²) in [5.74, 6) is 0.236. The Morgan fingerprint density at radius 3 is 2.41 bits per heavy atom. The van der Waals surface area contributed by atoms with Gasteiger partial charge in [0, 0.05) is 21.8 Å². The largest absolute Gasteiger partial charge is 0.497 e. The van der Waals surface area contributed by atoms with Crippen LogP contribution in [-0.4, -0.2) is 28.1 Å². The topological polar surface area (TPSA) is 62.4 Å². The van der Waals surface area contributed by atoms with Gasteiger partial charge in [-0.15, -0.1) is 0 Å². The maximum Gasteiger partial charge on any atom is 0.252 e. The second-order valence-electron chi connectivity index (χ2n) is 5.29. The molecule has 0 radical (unpaired) electrons. The number of rotatable bonds is 5. The predicted octanol–water partition coefficient (Wildman–Crippen LogP) is 4.87. The normalized spacial score (nSPS) is 12.0. The Balaban J connectivity index is 2.06. The summed E-state index contributed by atoms with van der Waals surface area (Å²) in [7, 11) is 1.56. The van der Waals surface area contributed by atoms with Gasteiger partial charge in [0.15, 0.2) is 5.11 Å². The molecule has 0 bridgehead atoms. The first-order chi connectivity index (χ1) is 12.7. The molecule has 27 heavy (non-hydrogen) atoms. The number of alkyl halides is 3. The zero-order valence-electron chi connectivity index (χ0n) is 13.9. The molecule has 0 saturated carbocycles. The second-order valence-corrected chi connectivity index (χ2v) is 8.98. The van der Waals surface area contributed by atoms with Crippen LogP contribution in [0, 0.1) is 0 Å². The van der Waals surface area contributed by atoms with Crippen molar-refractivity contribution in [2.45, 2.75) is 9.96 Å². The van der Waals surface area contributed by atoms with Crippen molar-refractivity contribution >= 4 is 79.7 Å². The number of amides is 1. The van der Waals surface area contributed by atoms with Gasteiger partial charge < -0.3 is 20.7 Å². The number of ether oxygens (including phenoxy) is 1. The zero-order chi connectivity index (χ0) is 20.0. The Hall–Kier alpha value is -1.25. The van der Waals surface area contributed by atoms with Gasteiger partial charge in [-0.3, -0.25) is 4.79 Å². The third-order valence-corrected chi connectivity index (χ3v) is 4.72. The van der Waals surface area contributed by atoms with E-state index in [0.717, 1.165) is 4.47 Å². The van der Waals surface area contributed by atoms with E-state index >= 15 is 0 Å². The highest BCUT2D eigenvalue weighted by Gasteiger charge is 2.34. The lowest BCUT2D eigenvalue weighted by Crippen LogP contribution is -2.56. The number of carbonyl (C=O) groups excluding carboxylic acids is 1. The molecule has 2 rings (SSSR count). The molecule has 10 heteroatoms. The summed E-state index contributed by atoms with van der Waals surface area (Å²) in [5.41, 5.74) is 1.08. The van der Waals surface area contributed by atoms with Crippen LogP contribution in [0.4, 0.5) is 5.69 Å². The van der Waals surface area contributed by atoms with Gasteiger partial charge in [-0.25, -0.2) is 0 Å². The van der Waals surface area contributed by atoms with Crippen molar-refractivity contribution < 1.29 is 9.53 Å². The number of thiocarbonyl (C=S) groups is 1. The van der Waals surface area contributed by atoms with E-state index in [0.29, 0.717) is 17.0 Å². The van der Waals surface area contributed by atoms with E-state index in [-0.39, 0.29) is 5.11 Å². The maximum absolute atomic E-state index is 12.4. The van der Waals surface area contributed by atoms with Gasteiger partial charge in [0.25, 0.3) is 5.91 Å². The molecule has 3 N–H and O–H groups in total. The average molecular weight is 512 g/mol. The number of benzene rings is 2. The number of methoxy groups -OCH3 is 1. The lowest BCUT2D eigenvalue weighted by molar-refractivity contribution is 0.0934. The lowest BCUT2D eigenvalue weighted by Gasteiger charge is -2.27. The van der Waals surface area contributed by atoms with Crippen LogP contribution in [0.3, 0.4) is 0 Å². The summed E-state index contributed by atoms with van der Waals surface area (Å²) in [5, 5.41) is 8.53. The Bertz CT molecular complexity index is 816. The number of halogens is 4. The number of hydrogen-bond acceptors (Lipinski definition) is 3. The summed E-state index contributed by atoms with van der Waals surface area (Å²) >= 11 is 26.5. The summed E-state index contributed by atoms with van der Waals surface area (Å²) in [6.45, 7) is 0. The van der Waals surface area contributed by atoms with Crippen molar-refractivity contribution in [3.8, 4) is 5.75 Å². The van der Waals surface area contributed by atoms with E-state index in [2.05, 4.69) is 31.9 Å². The molecule has 0 aliphatic heterocycles. The van der Waals surface area contributed by atoms with E-state index in [1.165, 1.54) is 0 Å². The van der Waals surface area contributed by atoms with Gasteiger partial charge in [0.1, 0.15) is 11.9 Å². The minimum Gasteiger partial charge on any atom is -0.497 e. The molecule has 0 aromatic heterocycles. The molecule has 0 aliphatic rings. The van der Waals surface area contributed by atoms with Crippen LogP contribution in [0.5, 0.6) is 5.75 Å². The highest BCUT2D eigenvalue weighted by molar-refractivity contribution is 9.10. The molecule has 0 heterocycles. The fourth-order valence-electron chi connectivity index (χ4n) is 2.01. The maximum atomic E-state index is 12.4. The third-order valence-electron chi connectivity index (χ3n) is 3.31. The Morgan fingerprint density at radius 2 is 1.81 bits per heavy atom. The van der Waals surface area contributed by atoms with E-state index < -0.39 is 15.9 Å². The lowest BCUT2D eigenvalue weighted by atomic mass is 10.2. The predicted molar refractivity (Wildman–Crippen MR) is 118 cm³/mol. The first kappa shape index (κ1) is 22.0. The van der Waals surface area contributed by atoms with Gasteiger partial charge in [-0.05, 0) is 48.6 Å². The van der Waals surface area contributed by atoms with Crippen molar-refractivity contribution in [3.05, 3.63) is 58.6 Å². The molecule has 0 saturated heterocycles. The van der Waals surface area contributed by atoms with Crippen LogP contribution in [0.25, 0.3) is 0 Å². The quantitative estimate of drug-likeness (QED) is 0.304.